The summed E-state index contributed by atoms with van der Waals surface area (Å²) >= 11 is 0. The molecule has 4 nitrogen and oxygen atoms in total. The highest BCUT2D eigenvalue weighted by Crippen LogP contribution is 1.88. The van der Waals surface area contributed by atoms with E-state index >= 15 is 0 Å². The zero-order chi connectivity index (χ0) is 8.69. The third kappa shape index (κ3) is 4.61. The molecule has 0 aromatic heterocycles. The number of rotatable bonds is 5. The first-order chi connectivity index (χ1) is 5.22. The average molecular weight is 161 g/mol. The van der Waals surface area contributed by atoms with Crippen LogP contribution in [-0.2, 0) is 4.74 Å². The Bertz CT molecular complexity index is 116. The smallest absolute Gasteiger partial charge is 0.407 e. The summed E-state index contributed by atoms with van der Waals surface area (Å²) in [6, 6.07) is 0. The van der Waals surface area contributed by atoms with E-state index in [0.29, 0.717) is 26.3 Å². The van der Waals surface area contributed by atoms with Gasteiger partial charge in [0, 0.05) is 19.7 Å². The van der Waals surface area contributed by atoms with Gasteiger partial charge in [-0.3, -0.25) is 0 Å². The summed E-state index contributed by atoms with van der Waals surface area (Å²) in [6.45, 7) is 5.78. The van der Waals surface area contributed by atoms with Gasteiger partial charge < -0.3 is 14.7 Å². The molecule has 0 atom stereocenters. The Morgan fingerprint density at radius 1 is 1.55 bits per heavy atom. The molecule has 11 heavy (non-hydrogen) atoms. The van der Waals surface area contributed by atoms with Crippen LogP contribution in [-0.4, -0.2) is 42.4 Å². The summed E-state index contributed by atoms with van der Waals surface area (Å²) in [5.41, 5.74) is 0. The van der Waals surface area contributed by atoms with Crippen molar-refractivity contribution in [3.05, 3.63) is 0 Å². The van der Waals surface area contributed by atoms with Gasteiger partial charge in [0.05, 0.1) is 6.61 Å². The average Bonchev–Trinajstić information content (AvgIpc) is 1.97. The number of hydrogen-bond acceptors (Lipinski definition) is 2. The van der Waals surface area contributed by atoms with Crippen molar-refractivity contribution in [1.82, 2.24) is 4.90 Å². The lowest BCUT2D eigenvalue weighted by Crippen LogP contribution is -2.32. The van der Waals surface area contributed by atoms with Gasteiger partial charge in [-0.05, 0) is 13.8 Å². The summed E-state index contributed by atoms with van der Waals surface area (Å²) in [5, 5.41) is 8.54. The van der Waals surface area contributed by atoms with Crippen LogP contribution < -0.4 is 0 Å². The molecule has 0 aromatic rings. The zero-order valence-electron chi connectivity index (χ0n) is 7.04. The van der Waals surface area contributed by atoms with E-state index in [9.17, 15) is 4.79 Å². The van der Waals surface area contributed by atoms with Crippen LogP contribution in [0.1, 0.15) is 13.8 Å². The molecule has 0 aliphatic heterocycles. The van der Waals surface area contributed by atoms with Gasteiger partial charge in [-0.15, -0.1) is 0 Å². The normalized spacial score (nSPS) is 9.64. The lowest BCUT2D eigenvalue weighted by Gasteiger charge is -2.15. The first-order valence-electron chi connectivity index (χ1n) is 3.78. The molecule has 0 unspecified atom stereocenters. The molecule has 0 rings (SSSR count). The van der Waals surface area contributed by atoms with Crippen LogP contribution in [0.4, 0.5) is 4.79 Å². The number of hydrogen-bond donors (Lipinski definition) is 1. The van der Waals surface area contributed by atoms with E-state index < -0.39 is 6.09 Å². The Kier molecular flexibility index (Phi) is 5.56. The van der Waals surface area contributed by atoms with Crippen molar-refractivity contribution < 1.29 is 14.6 Å². The molecule has 0 radical (unpaired) electrons. The van der Waals surface area contributed by atoms with Crippen molar-refractivity contribution in [3.8, 4) is 0 Å². The fourth-order valence-corrected chi connectivity index (χ4v) is 0.708. The third-order valence-corrected chi connectivity index (χ3v) is 1.36. The minimum atomic E-state index is -0.882. The topological polar surface area (TPSA) is 49.8 Å². The molecule has 0 aromatic carbocycles. The van der Waals surface area contributed by atoms with E-state index in [0.717, 1.165) is 0 Å². The number of amides is 1. The van der Waals surface area contributed by atoms with Crippen molar-refractivity contribution in [3.63, 3.8) is 0 Å². The lowest BCUT2D eigenvalue weighted by atomic mass is 10.5. The van der Waals surface area contributed by atoms with E-state index in [1.165, 1.54) is 4.90 Å². The second-order valence-corrected chi connectivity index (χ2v) is 2.06. The highest BCUT2D eigenvalue weighted by molar-refractivity contribution is 5.64. The van der Waals surface area contributed by atoms with E-state index in [-0.39, 0.29) is 0 Å². The molecule has 0 heterocycles. The summed E-state index contributed by atoms with van der Waals surface area (Å²) in [6.07, 6.45) is -0.882. The number of carbonyl (C=O) groups is 1. The van der Waals surface area contributed by atoms with Crippen molar-refractivity contribution in [1.29, 1.82) is 0 Å². The molecular formula is C7H15NO3. The number of likely N-dealkylation sites (N-methyl/N-ethyl adjacent to an activating group) is 1. The second kappa shape index (κ2) is 5.97. The zero-order valence-corrected chi connectivity index (χ0v) is 7.04. The molecular weight excluding hydrogens is 146 g/mol. The lowest BCUT2D eigenvalue weighted by molar-refractivity contribution is 0.103. The summed E-state index contributed by atoms with van der Waals surface area (Å²) in [4.78, 5) is 11.7. The third-order valence-electron chi connectivity index (χ3n) is 1.36. The molecule has 0 saturated carbocycles. The van der Waals surface area contributed by atoms with Gasteiger partial charge in [0.15, 0.2) is 0 Å². The van der Waals surface area contributed by atoms with Gasteiger partial charge in [-0.2, -0.15) is 0 Å². The molecule has 0 fully saturated rings. The van der Waals surface area contributed by atoms with Crippen LogP contribution in [0.2, 0.25) is 0 Å². The maximum Gasteiger partial charge on any atom is 0.407 e. The van der Waals surface area contributed by atoms with Gasteiger partial charge in [0.1, 0.15) is 0 Å². The molecule has 0 aliphatic rings. The van der Waals surface area contributed by atoms with Crippen LogP contribution in [0.25, 0.3) is 0 Å². The molecule has 4 heteroatoms. The Morgan fingerprint density at radius 3 is 2.55 bits per heavy atom. The van der Waals surface area contributed by atoms with Crippen molar-refractivity contribution in [2.24, 2.45) is 0 Å². The van der Waals surface area contributed by atoms with Crippen molar-refractivity contribution in [2.75, 3.05) is 26.3 Å². The van der Waals surface area contributed by atoms with Gasteiger partial charge >= 0.3 is 6.09 Å². The Morgan fingerprint density at radius 2 is 2.18 bits per heavy atom. The fourth-order valence-electron chi connectivity index (χ4n) is 0.708. The van der Waals surface area contributed by atoms with Gasteiger partial charge in [-0.1, -0.05) is 0 Å². The molecule has 1 N–H and O–H groups in total. The second-order valence-electron chi connectivity index (χ2n) is 2.06. The van der Waals surface area contributed by atoms with Crippen LogP contribution in [0.5, 0.6) is 0 Å². The molecule has 0 bridgehead atoms. The van der Waals surface area contributed by atoms with E-state index in [2.05, 4.69) is 0 Å². The number of ether oxygens (including phenoxy) is 1. The summed E-state index contributed by atoms with van der Waals surface area (Å²) in [5.74, 6) is 0. The van der Waals surface area contributed by atoms with Crippen molar-refractivity contribution in [2.45, 2.75) is 13.8 Å². The highest BCUT2D eigenvalue weighted by atomic mass is 16.5. The predicted molar refractivity (Wildman–Crippen MR) is 41.8 cm³/mol. The summed E-state index contributed by atoms with van der Waals surface area (Å²) in [7, 11) is 0. The van der Waals surface area contributed by atoms with Gasteiger partial charge in [0.2, 0.25) is 0 Å². The SMILES string of the molecule is CCOCCN(CC)C(=O)O. The summed E-state index contributed by atoms with van der Waals surface area (Å²) < 4.78 is 5.01. The standard InChI is InChI=1S/C7H15NO3/c1-3-8(7(9)10)5-6-11-4-2/h3-6H2,1-2H3,(H,9,10). The van der Waals surface area contributed by atoms with Gasteiger partial charge in [0.25, 0.3) is 0 Å². The number of nitrogens with zero attached hydrogens (tertiary/aromatic N) is 1. The van der Waals surface area contributed by atoms with Crippen LogP contribution in [0, 0.1) is 0 Å². The maximum absolute atomic E-state index is 10.4. The fraction of sp³-hybridized carbons (Fsp3) is 0.857. The van der Waals surface area contributed by atoms with Crippen LogP contribution in [0.3, 0.4) is 0 Å². The molecule has 1 amide bonds. The molecule has 66 valence electrons. The highest BCUT2D eigenvalue weighted by Gasteiger charge is 2.06. The van der Waals surface area contributed by atoms with E-state index in [1.807, 2.05) is 6.92 Å². The number of carboxylic acid groups (broad SMARTS) is 1. The minimum Gasteiger partial charge on any atom is -0.465 e. The van der Waals surface area contributed by atoms with Crippen molar-refractivity contribution >= 4 is 6.09 Å². The maximum atomic E-state index is 10.4. The molecule has 0 saturated heterocycles. The Hall–Kier alpha value is -0.770. The minimum absolute atomic E-state index is 0.458. The monoisotopic (exact) mass is 161 g/mol. The first-order valence-corrected chi connectivity index (χ1v) is 3.78. The van der Waals surface area contributed by atoms with E-state index in [1.54, 1.807) is 6.92 Å². The van der Waals surface area contributed by atoms with Crippen LogP contribution in [0.15, 0.2) is 0 Å². The predicted octanol–water partition coefficient (Wildman–Crippen LogP) is 1.02. The van der Waals surface area contributed by atoms with Gasteiger partial charge in [-0.25, -0.2) is 4.79 Å². The molecule has 0 aliphatic carbocycles. The Balaban J connectivity index is 3.44. The first kappa shape index (κ1) is 10.2. The Labute approximate surface area is 66.8 Å². The van der Waals surface area contributed by atoms with Crippen LogP contribution >= 0.6 is 0 Å². The molecule has 0 spiro atoms. The quantitative estimate of drug-likeness (QED) is 0.612. The van der Waals surface area contributed by atoms with E-state index in [4.69, 9.17) is 9.84 Å². The largest absolute Gasteiger partial charge is 0.465 e.